The molecule has 15 nitrogen and oxygen atoms in total. The normalized spacial score (nSPS) is 27.0. The van der Waals surface area contributed by atoms with Crippen molar-refractivity contribution < 1.29 is 47.1 Å². The molecular weight excluding hydrogens is 781 g/mol. The topological polar surface area (TPSA) is 178 Å². The summed E-state index contributed by atoms with van der Waals surface area (Å²) in [7, 11) is 3.74. The van der Waals surface area contributed by atoms with E-state index in [1.807, 2.05) is 38.1 Å². The van der Waals surface area contributed by atoms with Crippen LogP contribution in [0.15, 0.2) is 42.5 Å². The molecule has 4 heterocycles. The number of rotatable bonds is 8. The molecule has 6 rings (SSSR count). The number of benzene rings is 2. The SMILES string of the molecule is C[C@@H]1C[C@H]2C(=O)O[C@@H](C)[C@H](NC(=O)[C@H](Cc3cc(F)cc(F)c3)NC(=O)Cc3ccc(N(C)C)cc3)C(=O)N3CCC[C@H]3C(=O)N3CCCC[C@H]3C(=O)N[C@@H](C)C(=O)N2C1. The first kappa shape index (κ1) is 44.0. The van der Waals surface area contributed by atoms with Gasteiger partial charge in [-0.2, -0.15) is 0 Å². The van der Waals surface area contributed by atoms with Gasteiger partial charge in [0.1, 0.15) is 54.0 Å². The summed E-state index contributed by atoms with van der Waals surface area (Å²) < 4.78 is 34.7. The largest absolute Gasteiger partial charge is 0.458 e. The molecule has 0 aromatic heterocycles. The summed E-state index contributed by atoms with van der Waals surface area (Å²) in [6, 6.07) is 2.86. The van der Waals surface area contributed by atoms with Crippen molar-refractivity contribution in [1.82, 2.24) is 30.7 Å². The van der Waals surface area contributed by atoms with E-state index in [1.54, 1.807) is 12.1 Å². The molecule has 0 aliphatic carbocycles. The first-order chi connectivity index (χ1) is 28.5. The Kier molecular flexibility index (Phi) is 13.7. The number of hydrogen-bond acceptors (Lipinski definition) is 9. The molecule has 2 aromatic rings. The number of amides is 6. The van der Waals surface area contributed by atoms with Crippen molar-refractivity contribution in [3.05, 3.63) is 65.2 Å². The molecule has 3 N–H and O–H groups in total. The van der Waals surface area contributed by atoms with Crippen molar-refractivity contribution in [3.8, 4) is 0 Å². The molecule has 6 amide bonds. The zero-order valence-electron chi connectivity index (χ0n) is 34.7. The highest BCUT2D eigenvalue weighted by molar-refractivity contribution is 5.98. The molecule has 0 unspecified atom stereocenters. The van der Waals surface area contributed by atoms with E-state index < -0.39 is 95.4 Å². The molecule has 324 valence electrons. The van der Waals surface area contributed by atoms with Gasteiger partial charge in [0.15, 0.2) is 0 Å². The van der Waals surface area contributed by atoms with E-state index in [2.05, 4.69) is 16.0 Å². The number of carbonyl (C=O) groups excluding carboxylic acids is 7. The van der Waals surface area contributed by atoms with E-state index in [0.717, 1.165) is 17.8 Å². The summed E-state index contributed by atoms with van der Waals surface area (Å²) in [6.45, 7) is 5.41. The average Bonchev–Trinajstić information content (AvgIpc) is 3.85. The molecule has 0 spiro atoms. The minimum atomic E-state index is -1.60. The number of nitrogens with zero attached hydrogens (tertiary/aromatic N) is 4. The van der Waals surface area contributed by atoms with Crippen molar-refractivity contribution in [2.75, 3.05) is 38.6 Å². The van der Waals surface area contributed by atoms with Crippen LogP contribution in [0.4, 0.5) is 14.5 Å². The van der Waals surface area contributed by atoms with Gasteiger partial charge >= 0.3 is 5.97 Å². The van der Waals surface area contributed by atoms with Crippen molar-refractivity contribution in [2.24, 2.45) is 5.92 Å². The van der Waals surface area contributed by atoms with Crippen LogP contribution in [-0.4, -0.2) is 132 Å². The number of piperidine rings is 1. The number of hydrogen-bond donors (Lipinski definition) is 3. The van der Waals surface area contributed by atoms with Crippen molar-refractivity contribution in [1.29, 1.82) is 0 Å². The second-order valence-corrected chi connectivity index (χ2v) is 16.8. The van der Waals surface area contributed by atoms with Gasteiger partial charge in [0, 0.05) is 51.9 Å². The molecule has 4 saturated heterocycles. The zero-order chi connectivity index (χ0) is 43.4. The second kappa shape index (κ2) is 18.8. The number of anilines is 1. The Labute approximate surface area is 348 Å². The minimum Gasteiger partial charge on any atom is -0.458 e. The molecule has 4 aliphatic heterocycles. The number of nitrogens with one attached hydrogen (secondary N) is 3. The van der Waals surface area contributed by atoms with Crippen LogP contribution in [-0.2, 0) is 51.1 Å². The van der Waals surface area contributed by atoms with Crippen LogP contribution in [0.5, 0.6) is 0 Å². The molecule has 8 atom stereocenters. The lowest BCUT2D eigenvalue weighted by Crippen LogP contribution is -2.63. The Morgan fingerprint density at radius 1 is 0.817 bits per heavy atom. The number of ether oxygens (including phenoxy) is 1. The highest BCUT2D eigenvalue weighted by Crippen LogP contribution is 2.29. The fourth-order valence-corrected chi connectivity index (χ4v) is 8.74. The van der Waals surface area contributed by atoms with Crippen molar-refractivity contribution in [2.45, 2.75) is 114 Å². The molecule has 17 heteroatoms. The van der Waals surface area contributed by atoms with E-state index in [0.29, 0.717) is 37.3 Å². The fourth-order valence-electron chi connectivity index (χ4n) is 8.74. The van der Waals surface area contributed by atoms with Gasteiger partial charge in [-0.05, 0) is 93.7 Å². The molecule has 4 aliphatic rings. The number of fused-ring (bicyclic) bond motifs is 3. The van der Waals surface area contributed by atoms with Crippen LogP contribution in [0.25, 0.3) is 0 Å². The van der Waals surface area contributed by atoms with Gasteiger partial charge in [-0.25, -0.2) is 13.6 Å². The minimum absolute atomic E-state index is 0.0479. The third-order valence-electron chi connectivity index (χ3n) is 11.9. The lowest BCUT2D eigenvalue weighted by molar-refractivity contribution is -0.163. The summed E-state index contributed by atoms with van der Waals surface area (Å²) in [5, 5.41) is 8.11. The lowest BCUT2D eigenvalue weighted by Gasteiger charge is -2.39. The molecule has 2 aromatic carbocycles. The fraction of sp³-hybridized carbons (Fsp3) is 0.558. The standard InChI is InChI=1S/C43H55F2N7O8/c1-24-17-35-43(59)60-26(3)37(42(58)51-16-8-10-34(51)41(57)50-15-7-6-9-33(50)39(55)46-25(2)40(56)52(35)23-24)48-38(54)32(20-28-18-29(44)22-30(45)19-28)47-36(53)21-27-11-13-31(14-12-27)49(4)5/h11-14,18-19,22,24-26,32-35,37H,6-10,15-17,20-21,23H2,1-5H3,(H,46,55)(H,47,53)(H,48,54)/t24-,25+,26+,32+,33+,34+,35+,37+/m1/s1. The van der Waals surface area contributed by atoms with Gasteiger partial charge in [-0.15, -0.1) is 0 Å². The Morgan fingerprint density at radius 3 is 2.15 bits per heavy atom. The van der Waals surface area contributed by atoms with Crippen LogP contribution in [0.2, 0.25) is 0 Å². The van der Waals surface area contributed by atoms with Crippen molar-refractivity contribution in [3.63, 3.8) is 0 Å². The van der Waals surface area contributed by atoms with E-state index in [-0.39, 0.29) is 56.8 Å². The van der Waals surface area contributed by atoms with E-state index in [9.17, 15) is 42.3 Å². The van der Waals surface area contributed by atoms with Gasteiger partial charge in [0.25, 0.3) is 0 Å². The quantitative estimate of drug-likeness (QED) is 0.335. The Balaban J connectivity index is 1.33. The maximum absolute atomic E-state index is 14.7. The predicted molar refractivity (Wildman–Crippen MR) is 215 cm³/mol. The van der Waals surface area contributed by atoms with Crippen LogP contribution in [0, 0.1) is 17.6 Å². The Hall–Kier alpha value is -5.61. The zero-order valence-corrected chi connectivity index (χ0v) is 34.7. The third kappa shape index (κ3) is 10.0. The third-order valence-corrected chi connectivity index (χ3v) is 11.9. The summed E-state index contributed by atoms with van der Waals surface area (Å²) in [5.41, 5.74) is 1.58. The van der Waals surface area contributed by atoms with Gasteiger partial charge in [0.2, 0.25) is 35.4 Å². The van der Waals surface area contributed by atoms with E-state index in [1.165, 1.54) is 28.5 Å². The molecule has 60 heavy (non-hydrogen) atoms. The maximum Gasteiger partial charge on any atom is 0.329 e. The maximum atomic E-state index is 14.7. The van der Waals surface area contributed by atoms with Crippen molar-refractivity contribution >= 4 is 47.1 Å². The number of halogens is 2. The first-order valence-electron chi connectivity index (χ1n) is 20.7. The smallest absolute Gasteiger partial charge is 0.329 e. The van der Waals surface area contributed by atoms with Crippen LogP contribution in [0.3, 0.4) is 0 Å². The number of carbonyl (C=O) groups is 7. The summed E-state index contributed by atoms with van der Waals surface area (Å²) >= 11 is 0. The molecule has 4 fully saturated rings. The predicted octanol–water partition coefficient (Wildman–Crippen LogP) is 1.84. The monoisotopic (exact) mass is 835 g/mol. The van der Waals surface area contributed by atoms with Crippen LogP contribution < -0.4 is 20.9 Å². The van der Waals surface area contributed by atoms with Crippen LogP contribution in [0.1, 0.15) is 70.4 Å². The second-order valence-electron chi connectivity index (χ2n) is 16.8. The highest BCUT2D eigenvalue weighted by atomic mass is 19.1. The molecule has 0 saturated carbocycles. The van der Waals surface area contributed by atoms with E-state index >= 15 is 0 Å². The van der Waals surface area contributed by atoms with Gasteiger partial charge in [-0.3, -0.25) is 28.8 Å². The molecular formula is C43H55F2N7O8. The summed E-state index contributed by atoms with van der Waals surface area (Å²) in [5.74, 6) is -6.44. The van der Waals surface area contributed by atoms with Crippen LogP contribution >= 0.6 is 0 Å². The van der Waals surface area contributed by atoms with Gasteiger partial charge in [-0.1, -0.05) is 19.1 Å². The molecule has 0 bridgehead atoms. The van der Waals surface area contributed by atoms with Gasteiger partial charge in [0.05, 0.1) is 6.42 Å². The first-order valence-corrected chi connectivity index (χ1v) is 20.7. The van der Waals surface area contributed by atoms with Gasteiger partial charge < -0.3 is 40.3 Å². The van der Waals surface area contributed by atoms with E-state index in [4.69, 9.17) is 4.74 Å². The Morgan fingerprint density at radius 2 is 1.47 bits per heavy atom. The number of esters is 1. The molecule has 0 radical (unpaired) electrons. The number of cyclic esters (lactones) is 1. The Bertz CT molecular complexity index is 1960. The average molecular weight is 836 g/mol. The lowest BCUT2D eigenvalue weighted by atomic mass is 9.99. The summed E-state index contributed by atoms with van der Waals surface area (Å²) in [6.07, 6.45) is 0.730. The summed E-state index contributed by atoms with van der Waals surface area (Å²) in [4.78, 5) is 104. The highest BCUT2D eigenvalue weighted by Gasteiger charge is 2.47.